The maximum absolute atomic E-state index is 6.14. The lowest BCUT2D eigenvalue weighted by molar-refractivity contribution is -0.140. The van der Waals surface area contributed by atoms with Gasteiger partial charge >= 0.3 is 0 Å². The molecule has 0 saturated heterocycles. The summed E-state index contributed by atoms with van der Waals surface area (Å²) in [6.07, 6.45) is 6.07. The number of rotatable bonds is 16. The van der Waals surface area contributed by atoms with Crippen LogP contribution in [-0.4, -0.2) is 46.9 Å². The van der Waals surface area contributed by atoms with E-state index in [0.29, 0.717) is 26.4 Å². The number of hydrogen-bond acceptors (Lipinski definition) is 5. The van der Waals surface area contributed by atoms with Crippen LogP contribution in [0.3, 0.4) is 0 Å². The molecular weight excluding hydrogens is 415 g/mol. The predicted molar refractivity (Wildman–Crippen MR) is 118 cm³/mol. The highest BCUT2D eigenvalue weighted by molar-refractivity contribution is 6.55. The monoisotopic (exact) mass is 448 g/mol. The molecule has 0 bridgehead atoms. The summed E-state index contributed by atoms with van der Waals surface area (Å²) in [6, 6.07) is 4.06. The summed E-state index contributed by atoms with van der Waals surface area (Å²) in [5.74, 6) is 1.78. The Labute approximate surface area is 185 Å². The molecule has 0 unspecified atom stereocenters. The maximum Gasteiger partial charge on any atom is 0.180 e. The van der Waals surface area contributed by atoms with Crippen molar-refractivity contribution in [3.63, 3.8) is 0 Å². The van der Waals surface area contributed by atoms with E-state index in [4.69, 9.17) is 46.9 Å². The SMILES string of the molecule is CCc1cc(OCC=C(Cl)Cl)cc(CC)c1OCCCCCOCC(OC)OC. The molecule has 5 nitrogen and oxygen atoms in total. The van der Waals surface area contributed by atoms with E-state index >= 15 is 0 Å². The van der Waals surface area contributed by atoms with Crippen LogP contribution in [0.4, 0.5) is 0 Å². The van der Waals surface area contributed by atoms with Crippen molar-refractivity contribution in [3.05, 3.63) is 33.8 Å². The number of ether oxygens (including phenoxy) is 5. The minimum Gasteiger partial charge on any atom is -0.493 e. The van der Waals surface area contributed by atoms with Crippen molar-refractivity contribution >= 4 is 23.2 Å². The van der Waals surface area contributed by atoms with Crippen molar-refractivity contribution in [1.29, 1.82) is 0 Å². The number of benzene rings is 1. The topological polar surface area (TPSA) is 46.2 Å². The van der Waals surface area contributed by atoms with Crippen molar-refractivity contribution in [2.75, 3.05) is 40.6 Å². The second kappa shape index (κ2) is 15.8. The van der Waals surface area contributed by atoms with E-state index in [2.05, 4.69) is 13.8 Å². The molecule has 0 aromatic heterocycles. The molecule has 166 valence electrons. The van der Waals surface area contributed by atoms with E-state index < -0.39 is 0 Å². The number of hydrogen-bond donors (Lipinski definition) is 0. The van der Waals surface area contributed by atoms with Crippen LogP contribution in [0.5, 0.6) is 11.5 Å². The largest absolute Gasteiger partial charge is 0.493 e. The molecule has 1 aromatic carbocycles. The summed E-state index contributed by atoms with van der Waals surface area (Å²) in [5, 5.41) is 0. The van der Waals surface area contributed by atoms with Gasteiger partial charge in [0.15, 0.2) is 6.29 Å². The van der Waals surface area contributed by atoms with Crippen LogP contribution >= 0.6 is 23.2 Å². The van der Waals surface area contributed by atoms with Gasteiger partial charge in [-0.15, -0.1) is 0 Å². The number of unbranched alkanes of at least 4 members (excludes halogenated alkanes) is 2. The zero-order chi connectivity index (χ0) is 21.5. The summed E-state index contributed by atoms with van der Waals surface area (Å²) in [4.78, 5) is 0. The summed E-state index contributed by atoms with van der Waals surface area (Å²) in [5.41, 5.74) is 2.29. The van der Waals surface area contributed by atoms with E-state index in [1.807, 2.05) is 12.1 Å². The molecule has 0 atom stereocenters. The van der Waals surface area contributed by atoms with Crippen LogP contribution in [0.25, 0.3) is 0 Å². The van der Waals surface area contributed by atoms with Gasteiger partial charge < -0.3 is 23.7 Å². The van der Waals surface area contributed by atoms with E-state index in [1.54, 1.807) is 20.3 Å². The summed E-state index contributed by atoms with van der Waals surface area (Å²) in [7, 11) is 3.21. The standard InChI is InChI=1S/C22H34Cl2O5/c1-5-17-14-19(28-13-10-20(23)24)15-18(6-2)22(17)29-12-9-7-8-11-27-16-21(25-3)26-4/h10,14-15,21H,5-9,11-13,16H2,1-4H3. The Hall–Kier alpha value is -0.980. The minimum absolute atomic E-state index is 0.207. The van der Waals surface area contributed by atoms with Gasteiger partial charge in [-0.3, -0.25) is 0 Å². The minimum atomic E-state index is -0.298. The third kappa shape index (κ3) is 10.6. The van der Waals surface area contributed by atoms with Crippen LogP contribution in [0.1, 0.15) is 44.2 Å². The fourth-order valence-electron chi connectivity index (χ4n) is 2.79. The van der Waals surface area contributed by atoms with Gasteiger partial charge in [0.2, 0.25) is 0 Å². The quantitative estimate of drug-likeness (QED) is 0.240. The lowest BCUT2D eigenvalue weighted by atomic mass is 10.0. The van der Waals surface area contributed by atoms with E-state index in [9.17, 15) is 0 Å². The van der Waals surface area contributed by atoms with Gasteiger partial charge in [-0.2, -0.15) is 0 Å². The van der Waals surface area contributed by atoms with Crippen molar-refractivity contribution < 1.29 is 23.7 Å². The predicted octanol–water partition coefficient (Wildman–Crippen LogP) is 5.69. The maximum atomic E-state index is 6.14. The molecule has 7 heteroatoms. The van der Waals surface area contributed by atoms with Crippen LogP contribution in [0, 0.1) is 0 Å². The molecule has 0 radical (unpaired) electrons. The lowest BCUT2D eigenvalue weighted by Crippen LogP contribution is -2.20. The number of methoxy groups -OCH3 is 2. The van der Waals surface area contributed by atoms with Gasteiger partial charge in [0, 0.05) is 20.8 Å². The average molecular weight is 449 g/mol. The van der Waals surface area contributed by atoms with Crippen molar-refractivity contribution in [2.24, 2.45) is 0 Å². The second-order valence-corrected chi connectivity index (χ2v) is 7.48. The van der Waals surface area contributed by atoms with E-state index in [1.165, 1.54) is 0 Å². The fourth-order valence-corrected chi connectivity index (χ4v) is 2.91. The van der Waals surface area contributed by atoms with Crippen molar-refractivity contribution in [2.45, 2.75) is 52.2 Å². The zero-order valence-electron chi connectivity index (χ0n) is 18.0. The highest BCUT2D eigenvalue weighted by Gasteiger charge is 2.11. The molecule has 0 N–H and O–H groups in total. The second-order valence-electron chi connectivity index (χ2n) is 6.47. The van der Waals surface area contributed by atoms with Gasteiger partial charge in [0.1, 0.15) is 22.6 Å². The Morgan fingerprint density at radius 3 is 2.10 bits per heavy atom. The molecule has 0 aliphatic heterocycles. The zero-order valence-corrected chi connectivity index (χ0v) is 19.5. The lowest BCUT2D eigenvalue weighted by Gasteiger charge is -2.17. The first-order chi connectivity index (χ1) is 14.0. The fraction of sp³-hybridized carbons (Fsp3) is 0.636. The molecule has 0 amide bonds. The molecule has 0 fully saturated rings. The van der Waals surface area contributed by atoms with Gasteiger partial charge in [0.05, 0.1) is 13.2 Å². The highest BCUT2D eigenvalue weighted by atomic mass is 35.5. The van der Waals surface area contributed by atoms with Crippen LogP contribution < -0.4 is 9.47 Å². The number of aryl methyl sites for hydroxylation is 2. The first kappa shape index (κ1) is 26.1. The Bertz CT molecular complexity index is 574. The molecule has 1 aromatic rings. The van der Waals surface area contributed by atoms with E-state index in [-0.39, 0.29) is 10.8 Å². The Morgan fingerprint density at radius 2 is 1.55 bits per heavy atom. The molecular formula is C22H34Cl2O5. The van der Waals surface area contributed by atoms with Crippen molar-refractivity contribution in [1.82, 2.24) is 0 Å². The van der Waals surface area contributed by atoms with Crippen molar-refractivity contribution in [3.8, 4) is 11.5 Å². The Balaban J connectivity index is 2.45. The van der Waals surface area contributed by atoms with Gasteiger partial charge in [-0.1, -0.05) is 37.0 Å². The van der Waals surface area contributed by atoms with Gasteiger partial charge in [-0.05, 0) is 61.4 Å². The number of halogens is 2. The van der Waals surface area contributed by atoms with Crippen LogP contribution in [-0.2, 0) is 27.1 Å². The van der Waals surface area contributed by atoms with Gasteiger partial charge in [-0.25, -0.2) is 0 Å². The molecule has 0 aliphatic rings. The van der Waals surface area contributed by atoms with Gasteiger partial charge in [0.25, 0.3) is 0 Å². The average Bonchev–Trinajstić information content (AvgIpc) is 2.72. The first-order valence-electron chi connectivity index (χ1n) is 10.1. The molecule has 0 heterocycles. The van der Waals surface area contributed by atoms with Crippen LogP contribution in [0.2, 0.25) is 0 Å². The third-order valence-electron chi connectivity index (χ3n) is 4.42. The highest BCUT2D eigenvalue weighted by Crippen LogP contribution is 2.31. The molecule has 1 rings (SSSR count). The third-order valence-corrected chi connectivity index (χ3v) is 4.73. The summed E-state index contributed by atoms with van der Waals surface area (Å²) >= 11 is 11.3. The first-order valence-corrected chi connectivity index (χ1v) is 10.9. The molecule has 0 aliphatic carbocycles. The molecule has 0 saturated carbocycles. The summed E-state index contributed by atoms with van der Waals surface area (Å²) in [6.45, 7) is 6.40. The normalized spacial score (nSPS) is 11.0. The smallest absolute Gasteiger partial charge is 0.180 e. The molecule has 29 heavy (non-hydrogen) atoms. The van der Waals surface area contributed by atoms with E-state index in [0.717, 1.165) is 54.7 Å². The molecule has 0 spiro atoms. The summed E-state index contributed by atoms with van der Waals surface area (Å²) < 4.78 is 27.8. The Morgan fingerprint density at radius 1 is 0.931 bits per heavy atom. The Kier molecular flexibility index (Phi) is 14.2. The van der Waals surface area contributed by atoms with Crippen LogP contribution in [0.15, 0.2) is 22.7 Å².